The van der Waals surface area contributed by atoms with E-state index in [0.29, 0.717) is 30.1 Å². The normalized spacial score (nSPS) is 16.8. The van der Waals surface area contributed by atoms with Crippen molar-refractivity contribution >= 4 is 11.7 Å². The number of fused-ring (bicyclic) bond motifs is 1. The molecule has 0 amide bonds. The van der Waals surface area contributed by atoms with E-state index in [0.717, 1.165) is 0 Å². The molecular formula is C15H23N3O4. The third kappa shape index (κ3) is 2.72. The van der Waals surface area contributed by atoms with Crippen molar-refractivity contribution in [3.8, 4) is 0 Å². The van der Waals surface area contributed by atoms with Gasteiger partial charge in [-0.1, -0.05) is 6.92 Å². The van der Waals surface area contributed by atoms with Crippen LogP contribution in [0.3, 0.4) is 0 Å². The maximum absolute atomic E-state index is 12.7. The van der Waals surface area contributed by atoms with Crippen molar-refractivity contribution in [1.29, 1.82) is 0 Å². The minimum atomic E-state index is -0.415. The second-order valence-electron chi connectivity index (χ2n) is 5.69. The van der Waals surface area contributed by atoms with Gasteiger partial charge in [0.05, 0.1) is 17.6 Å². The lowest BCUT2D eigenvalue weighted by molar-refractivity contribution is 0.218. The van der Waals surface area contributed by atoms with Gasteiger partial charge in [0.15, 0.2) is 5.90 Å². The van der Waals surface area contributed by atoms with E-state index in [4.69, 9.17) is 9.84 Å². The summed E-state index contributed by atoms with van der Waals surface area (Å²) in [6.07, 6.45) is 0.989. The fourth-order valence-corrected chi connectivity index (χ4v) is 2.68. The molecule has 0 saturated carbocycles. The fraction of sp³-hybridized carbons (Fsp3) is 0.667. The second-order valence-corrected chi connectivity index (χ2v) is 5.69. The Hall–Kier alpha value is -1.89. The van der Waals surface area contributed by atoms with Crippen LogP contribution in [0.1, 0.15) is 45.1 Å². The van der Waals surface area contributed by atoms with Crippen molar-refractivity contribution < 1.29 is 9.84 Å². The predicted molar refractivity (Wildman–Crippen MR) is 84.0 cm³/mol. The SMILES string of the molecule is CCC1C(OC(C)C)=Nc2c1c(=O)n(CCCO)c(=O)n2C. The van der Waals surface area contributed by atoms with E-state index >= 15 is 0 Å². The molecule has 122 valence electrons. The highest BCUT2D eigenvalue weighted by Crippen LogP contribution is 2.34. The molecule has 0 spiro atoms. The summed E-state index contributed by atoms with van der Waals surface area (Å²) in [7, 11) is 1.60. The number of aliphatic hydroxyl groups is 1. The van der Waals surface area contributed by atoms with E-state index in [1.165, 1.54) is 9.13 Å². The smallest absolute Gasteiger partial charge is 0.332 e. The van der Waals surface area contributed by atoms with Gasteiger partial charge >= 0.3 is 5.69 Å². The molecule has 2 heterocycles. The van der Waals surface area contributed by atoms with Crippen LogP contribution >= 0.6 is 0 Å². The molecule has 7 heteroatoms. The molecule has 0 bridgehead atoms. The number of aromatic nitrogens is 2. The topological polar surface area (TPSA) is 85.8 Å². The van der Waals surface area contributed by atoms with Crippen molar-refractivity contribution in [1.82, 2.24) is 9.13 Å². The number of ether oxygens (including phenoxy) is 1. The zero-order valence-corrected chi connectivity index (χ0v) is 13.5. The van der Waals surface area contributed by atoms with Crippen molar-refractivity contribution in [2.24, 2.45) is 12.0 Å². The number of aliphatic hydroxyl groups excluding tert-OH is 1. The van der Waals surface area contributed by atoms with E-state index in [9.17, 15) is 9.59 Å². The lowest BCUT2D eigenvalue weighted by Crippen LogP contribution is -2.41. The molecule has 1 N–H and O–H groups in total. The Bertz CT molecular complexity index is 700. The van der Waals surface area contributed by atoms with Gasteiger partial charge in [-0.25, -0.2) is 4.79 Å². The van der Waals surface area contributed by atoms with Gasteiger partial charge in [0, 0.05) is 20.2 Å². The van der Waals surface area contributed by atoms with Gasteiger partial charge in [0.2, 0.25) is 0 Å². The highest BCUT2D eigenvalue weighted by Gasteiger charge is 2.34. The summed E-state index contributed by atoms with van der Waals surface area (Å²) in [4.78, 5) is 29.4. The Morgan fingerprint density at radius 1 is 1.36 bits per heavy atom. The van der Waals surface area contributed by atoms with Gasteiger partial charge in [0.1, 0.15) is 5.82 Å². The van der Waals surface area contributed by atoms with Gasteiger partial charge in [0.25, 0.3) is 5.56 Å². The Balaban J connectivity index is 2.59. The number of aliphatic imine (C=N–C) groups is 1. The van der Waals surface area contributed by atoms with Crippen LogP contribution in [-0.2, 0) is 18.3 Å². The lowest BCUT2D eigenvalue weighted by Gasteiger charge is -2.16. The van der Waals surface area contributed by atoms with Gasteiger partial charge < -0.3 is 9.84 Å². The highest BCUT2D eigenvalue weighted by molar-refractivity contribution is 5.91. The Morgan fingerprint density at radius 3 is 2.59 bits per heavy atom. The van der Waals surface area contributed by atoms with Crippen molar-refractivity contribution in [3.63, 3.8) is 0 Å². The number of hydrogen-bond acceptors (Lipinski definition) is 5. The molecule has 0 radical (unpaired) electrons. The van der Waals surface area contributed by atoms with Gasteiger partial charge in [-0.2, -0.15) is 4.99 Å². The summed E-state index contributed by atoms with van der Waals surface area (Å²) in [5.74, 6) is 0.661. The summed E-state index contributed by atoms with van der Waals surface area (Å²) < 4.78 is 8.27. The quantitative estimate of drug-likeness (QED) is 0.875. The van der Waals surface area contributed by atoms with E-state index in [-0.39, 0.29) is 30.7 Å². The molecule has 22 heavy (non-hydrogen) atoms. The van der Waals surface area contributed by atoms with Crippen LogP contribution in [0.2, 0.25) is 0 Å². The van der Waals surface area contributed by atoms with Crippen LogP contribution in [0, 0.1) is 0 Å². The molecule has 1 aromatic heterocycles. The van der Waals surface area contributed by atoms with E-state index in [1.54, 1.807) is 7.05 Å². The molecule has 7 nitrogen and oxygen atoms in total. The summed E-state index contributed by atoms with van der Waals surface area (Å²) >= 11 is 0. The third-order valence-electron chi connectivity index (χ3n) is 3.72. The van der Waals surface area contributed by atoms with Crippen LogP contribution in [0.25, 0.3) is 0 Å². The summed E-state index contributed by atoms with van der Waals surface area (Å²) in [6, 6.07) is 0. The van der Waals surface area contributed by atoms with Crippen LogP contribution in [-0.4, -0.2) is 32.8 Å². The summed E-state index contributed by atoms with van der Waals surface area (Å²) in [5.41, 5.74) is -0.232. The Kier molecular flexibility index (Phi) is 4.85. The Labute approximate surface area is 128 Å². The largest absolute Gasteiger partial charge is 0.478 e. The minimum Gasteiger partial charge on any atom is -0.478 e. The highest BCUT2D eigenvalue weighted by atomic mass is 16.5. The van der Waals surface area contributed by atoms with E-state index in [1.807, 2.05) is 20.8 Å². The predicted octanol–water partition coefficient (Wildman–Crippen LogP) is 0.892. The first kappa shape index (κ1) is 16.5. The molecule has 1 aliphatic heterocycles. The van der Waals surface area contributed by atoms with Crippen LogP contribution in [0.4, 0.5) is 5.82 Å². The van der Waals surface area contributed by atoms with Gasteiger partial charge in [-0.05, 0) is 26.7 Å². The number of hydrogen-bond donors (Lipinski definition) is 1. The van der Waals surface area contributed by atoms with Crippen LogP contribution in [0.15, 0.2) is 14.6 Å². The van der Waals surface area contributed by atoms with Gasteiger partial charge in [-0.3, -0.25) is 13.9 Å². The first-order valence-electron chi connectivity index (χ1n) is 7.62. The average Bonchev–Trinajstić information content (AvgIpc) is 2.82. The van der Waals surface area contributed by atoms with Crippen molar-refractivity contribution in [3.05, 3.63) is 26.4 Å². The minimum absolute atomic E-state index is 0.0456. The molecule has 2 rings (SSSR count). The molecule has 1 aromatic rings. The third-order valence-corrected chi connectivity index (χ3v) is 3.72. The Morgan fingerprint density at radius 2 is 2.05 bits per heavy atom. The second kappa shape index (κ2) is 6.48. The molecular weight excluding hydrogens is 286 g/mol. The fourth-order valence-electron chi connectivity index (χ4n) is 2.68. The summed E-state index contributed by atoms with van der Waals surface area (Å²) in [6.45, 7) is 5.89. The first-order chi connectivity index (χ1) is 10.4. The van der Waals surface area contributed by atoms with E-state index < -0.39 is 5.69 Å². The van der Waals surface area contributed by atoms with Gasteiger partial charge in [-0.15, -0.1) is 0 Å². The molecule has 0 aliphatic carbocycles. The zero-order chi connectivity index (χ0) is 16.4. The molecule has 0 fully saturated rings. The average molecular weight is 309 g/mol. The molecule has 1 unspecified atom stereocenters. The maximum atomic E-state index is 12.7. The lowest BCUT2D eigenvalue weighted by atomic mass is 10.00. The molecule has 1 atom stereocenters. The van der Waals surface area contributed by atoms with E-state index in [2.05, 4.69) is 4.99 Å². The first-order valence-corrected chi connectivity index (χ1v) is 7.62. The molecule has 0 saturated heterocycles. The molecule has 1 aliphatic rings. The zero-order valence-electron chi connectivity index (χ0n) is 13.5. The number of rotatable bonds is 5. The molecule has 0 aromatic carbocycles. The number of nitrogens with zero attached hydrogens (tertiary/aromatic N) is 3. The summed E-state index contributed by atoms with van der Waals surface area (Å²) in [5, 5.41) is 8.94. The maximum Gasteiger partial charge on any atom is 0.332 e. The monoisotopic (exact) mass is 309 g/mol. The van der Waals surface area contributed by atoms with Crippen molar-refractivity contribution in [2.45, 2.75) is 52.2 Å². The van der Waals surface area contributed by atoms with Crippen LogP contribution in [0.5, 0.6) is 0 Å². The van der Waals surface area contributed by atoms with Crippen molar-refractivity contribution in [2.75, 3.05) is 6.61 Å². The standard InChI is InChI=1S/C15H23N3O4/c1-5-10-11-12(16-13(10)22-9(2)3)17(4)15(21)18(14(11)20)7-6-8-19/h9-10,19H,5-8H2,1-4H3. The van der Waals surface area contributed by atoms with Crippen LogP contribution < -0.4 is 11.2 Å².